The van der Waals surface area contributed by atoms with Gasteiger partial charge < -0.3 is 0 Å². The minimum absolute atomic E-state index is 0.285. The number of Topliss-reactive ketones (excluding diaryl/α,β-unsaturated/α-hetero) is 1. The smallest absolute Gasteiger partial charge is 0.255 e. The summed E-state index contributed by atoms with van der Waals surface area (Å²) in [6, 6.07) is 7.08. The number of rotatable bonds is 0. The number of ketones is 1. The molecule has 2 amide bonds. The molecular weight excluding hydrogens is 206 g/mol. The molecule has 2 aliphatic rings. The van der Waals surface area contributed by atoms with Gasteiger partial charge in [-0.3, -0.25) is 19.7 Å². The van der Waals surface area contributed by atoms with Crippen LogP contribution in [0.5, 0.6) is 0 Å². The first-order valence-corrected chi connectivity index (χ1v) is 4.88. The average Bonchev–Trinajstić information content (AvgIpc) is 2.55. The number of amides is 2. The van der Waals surface area contributed by atoms with Crippen molar-refractivity contribution in [2.75, 3.05) is 0 Å². The highest BCUT2D eigenvalue weighted by molar-refractivity contribution is 6.40. The average molecular weight is 213 g/mol. The van der Waals surface area contributed by atoms with Crippen molar-refractivity contribution in [3.8, 4) is 0 Å². The maximum Gasteiger partial charge on any atom is 0.255 e. The summed E-state index contributed by atoms with van der Waals surface area (Å²) in [5, 5.41) is 3.55. The van der Waals surface area contributed by atoms with Gasteiger partial charge in [0.25, 0.3) is 5.91 Å². The van der Waals surface area contributed by atoms with Gasteiger partial charge in [-0.15, -0.1) is 0 Å². The first kappa shape index (κ1) is 9.03. The fourth-order valence-electron chi connectivity index (χ4n) is 2.17. The summed E-state index contributed by atoms with van der Waals surface area (Å²) in [5.41, 5.74) is 0.285. The topological polar surface area (TPSA) is 63.2 Å². The molecule has 4 heteroatoms. The second-order valence-electron chi connectivity index (χ2n) is 3.80. The lowest BCUT2D eigenvalue weighted by molar-refractivity contribution is -0.128. The quantitative estimate of drug-likeness (QED) is 0.420. The number of carbonyl (C=O) groups is 3. The normalized spacial score (nSPS) is 22.4. The van der Waals surface area contributed by atoms with Crippen LogP contribution >= 0.6 is 0 Å². The third-order valence-electron chi connectivity index (χ3n) is 2.87. The predicted octanol–water partition coefficient (Wildman–Crippen LogP) is -1.53. The van der Waals surface area contributed by atoms with Gasteiger partial charge in [-0.05, 0) is 16.5 Å². The number of fused-ring (bicyclic) bond motifs is 2. The van der Waals surface area contributed by atoms with E-state index < -0.39 is 17.7 Å². The molecule has 1 unspecified atom stereocenters. The number of carbonyl (C=O) groups excluding carboxylic acids is 3. The fraction of sp³-hybridized carbons (Fsp3) is 0.0833. The van der Waals surface area contributed by atoms with E-state index >= 15 is 0 Å². The molecule has 16 heavy (non-hydrogen) atoms. The number of nitrogens with one attached hydrogen (secondary N) is 1. The zero-order valence-electron chi connectivity index (χ0n) is 8.19. The molecule has 1 heterocycles. The van der Waals surface area contributed by atoms with Gasteiger partial charge in [-0.1, -0.05) is 24.3 Å². The van der Waals surface area contributed by atoms with Crippen molar-refractivity contribution in [1.29, 1.82) is 0 Å². The Morgan fingerprint density at radius 1 is 1.06 bits per heavy atom. The van der Waals surface area contributed by atoms with Crippen LogP contribution in [0, 0.1) is 5.92 Å². The van der Waals surface area contributed by atoms with E-state index in [4.69, 9.17) is 0 Å². The van der Waals surface area contributed by atoms with Crippen LogP contribution in [0.1, 0.15) is 0 Å². The highest BCUT2D eigenvalue weighted by Gasteiger charge is 2.42. The third kappa shape index (κ3) is 1.01. The van der Waals surface area contributed by atoms with Crippen molar-refractivity contribution in [3.05, 3.63) is 34.7 Å². The molecule has 1 fully saturated rings. The highest BCUT2D eigenvalue weighted by atomic mass is 16.2. The van der Waals surface area contributed by atoms with Crippen LogP contribution in [0.2, 0.25) is 0 Å². The second kappa shape index (κ2) is 2.88. The molecule has 0 bridgehead atoms. The highest BCUT2D eigenvalue weighted by Crippen LogP contribution is 2.21. The van der Waals surface area contributed by atoms with Crippen LogP contribution in [0.15, 0.2) is 24.3 Å². The molecule has 1 saturated heterocycles. The van der Waals surface area contributed by atoms with Crippen LogP contribution in [0.25, 0.3) is 11.6 Å². The van der Waals surface area contributed by atoms with Crippen molar-refractivity contribution in [2.24, 2.45) is 5.92 Å². The van der Waals surface area contributed by atoms with Crippen LogP contribution in [0.4, 0.5) is 0 Å². The van der Waals surface area contributed by atoms with Crippen LogP contribution < -0.4 is 15.8 Å². The summed E-state index contributed by atoms with van der Waals surface area (Å²) in [4.78, 5) is 34.7. The molecule has 1 atom stereocenters. The first-order chi connectivity index (χ1) is 7.68. The van der Waals surface area contributed by atoms with E-state index in [1.807, 2.05) is 0 Å². The van der Waals surface area contributed by atoms with Crippen molar-refractivity contribution in [3.63, 3.8) is 0 Å². The molecule has 3 rings (SSSR count). The lowest BCUT2D eigenvalue weighted by Crippen LogP contribution is -2.37. The fourth-order valence-corrected chi connectivity index (χ4v) is 2.17. The lowest BCUT2D eigenvalue weighted by atomic mass is 9.89. The van der Waals surface area contributed by atoms with E-state index in [0.29, 0.717) is 10.4 Å². The summed E-state index contributed by atoms with van der Waals surface area (Å²) >= 11 is 0. The number of benzene rings is 1. The van der Waals surface area contributed by atoms with Gasteiger partial charge >= 0.3 is 0 Å². The Hall–Kier alpha value is -2.23. The largest absolute Gasteiger partial charge is 0.294 e. The minimum atomic E-state index is -0.942. The maximum atomic E-state index is 11.7. The molecule has 1 aliphatic carbocycles. The summed E-state index contributed by atoms with van der Waals surface area (Å²) in [7, 11) is 0. The first-order valence-electron chi connectivity index (χ1n) is 4.88. The molecule has 0 spiro atoms. The molecular formula is C12H7NO3. The molecule has 1 aliphatic heterocycles. The summed E-state index contributed by atoms with van der Waals surface area (Å²) < 4.78 is 0. The monoisotopic (exact) mass is 213 g/mol. The van der Waals surface area contributed by atoms with E-state index in [1.165, 1.54) is 6.08 Å². The van der Waals surface area contributed by atoms with Crippen LogP contribution in [0.3, 0.4) is 0 Å². The zero-order chi connectivity index (χ0) is 11.3. The van der Waals surface area contributed by atoms with Crippen molar-refractivity contribution in [2.45, 2.75) is 0 Å². The van der Waals surface area contributed by atoms with Crippen LogP contribution in [-0.4, -0.2) is 17.6 Å². The Labute approximate surface area is 90.3 Å². The van der Waals surface area contributed by atoms with Crippen molar-refractivity contribution < 1.29 is 14.4 Å². The number of hydrogen-bond acceptors (Lipinski definition) is 3. The molecule has 1 aromatic rings. The van der Waals surface area contributed by atoms with Gasteiger partial charge in [0.1, 0.15) is 5.92 Å². The van der Waals surface area contributed by atoms with Gasteiger partial charge in [0.15, 0.2) is 5.78 Å². The Bertz CT molecular complexity index is 657. The zero-order valence-corrected chi connectivity index (χ0v) is 8.19. The molecule has 0 aromatic heterocycles. The Morgan fingerprint density at radius 2 is 1.81 bits per heavy atom. The molecule has 0 radical (unpaired) electrons. The molecule has 1 aromatic carbocycles. The predicted molar refractivity (Wildman–Crippen MR) is 55.2 cm³/mol. The van der Waals surface area contributed by atoms with Gasteiger partial charge in [0.05, 0.1) is 0 Å². The molecule has 1 N–H and O–H groups in total. The summed E-state index contributed by atoms with van der Waals surface area (Å²) in [6.45, 7) is 0. The number of imide groups is 1. The van der Waals surface area contributed by atoms with Gasteiger partial charge in [-0.2, -0.15) is 0 Å². The minimum Gasteiger partial charge on any atom is -0.294 e. The van der Waals surface area contributed by atoms with E-state index in [9.17, 15) is 14.4 Å². The van der Waals surface area contributed by atoms with E-state index in [1.54, 1.807) is 24.3 Å². The van der Waals surface area contributed by atoms with Crippen molar-refractivity contribution in [1.82, 2.24) is 5.32 Å². The van der Waals surface area contributed by atoms with E-state index in [2.05, 4.69) is 5.32 Å². The van der Waals surface area contributed by atoms with E-state index in [-0.39, 0.29) is 11.4 Å². The lowest BCUT2D eigenvalue weighted by Gasteiger charge is -2.08. The van der Waals surface area contributed by atoms with Gasteiger partial charge in [-0.25, -0.2) is 0 Å². The molecule has 0 saturated carbocycles. The Balaban J connectivity index is 2.49. The summed E-state index contributed by atoms with van der Waals surface area (Å²) in [5.74, 6) is -2.24. The molecule has 78 valence electrons. The summed E-state index contributed by atoms with van der Waals surface area (Å²) in [6.07, 6.45) is 1.42. The SMILES string of the molecule is O=C1NC(=O)C2C(=O)C=c3ccccc3=C12. The number of hydrogen-bond donors (Lipinski definition) is 1. The van der Waals surface area contributed by atoms with E-state index in [0.717, 1.165) is 0 Å². The molecule has 4 nitrogen and oxygen atoms in total. The standard InChI is InChI=1S/C12H7NO3/c14-8-5-6-3-1-2-4-7(6)9-10(8)12(16)13-11(9)15/h1-5,10H,(H,13,15,16). The third-order valence-corrected chi connectivity index (χ3v) is 2.87. The Kier molecular flexibility index (Phi) is 1.63. The van der Waals surface area contributed by atoms with Crippen LogP contribution in [-0.2, 0) is 14.4 Å². The van der Waals surface area contributed by atoms with Gasteiger partial charge in [0, 0.05) is 5.57 Å². The maximum absolute atomic E-state index is 11.7. The Morgan fingerprint density at radius 3 is 2.62 bits per heavy atom. The van der Waals surface area contributed by atoms with Gasteiger partial charge in [0.2, 0.25) is 5.91 Å². The van der Waals surface area contributed by atoms with Crippen molar-refractivity contribution >= 4 is 29.2 Å². The second-order valence-corrected chi connectivity index (χ2v) is 3.80.